The third kappa shape index (κ3) is 1.55. The van der Waals surface area contributed by atoms with Crippen LogP contribution >= 0.6 is 0 Å². The number of nitrogens with zero attached hydrogens (tertiary/aromatic N) is 4. The van der Waals surface area contributed by atoms with Gasteiger partial charge in [0.1, 0.15) is 17.7 Å². The lowest BCUT2D eigenvalue weighted by molar-refractivity contribution is 1.27. The van der Waals surface area contributed by atoms with Crippen molar-refractivity contribution < 1.29 is 0 Å². The van der Waals surface area contributed by atoms with Gasteiger partial charge in [-0.05, 0) is 17.7 Å². The van der Waals surface area contributed by atoms with Crippen molar-refractivity contribution in [2.75, 3.05) is 0 Å². The minimum absolute atomic E-state index is 0.0655. The normalized spacial score (nSPS) is 11.5. The number of hydrogen-bond donors (Lipinski definition) is 0. The molecule has 1 heterocycles. The molecule has 22 heavy (non-hydrogen) atoms. The second kappa shape index (κ2) is 4.51. The quantitative estimate of drug-likeness (QED) is 0.462. The van der Waals surface area contributed by atoms with Crippen LogP contribution in [-0.2, 0) is 0 Å². The largest absolute Gasteiger partial charge is 0.244 e. The first-order valence-corrected chi connectivity index (χ1v) is 6.75. The molecule has 1 aliphatic carbocycles. The van der Waals surface area contributed by atoms with Crippen LogP contribution in [-0.4, -0.2) is 9.97 Å². The van der Waals surface area contributed by atoms with Crippen LogP contribution in [0.5, 0.6) is 0 Å². The van der Waals surface area contributed by atoms with Crippen LogP contribution < -0.4 is 0 Å². The van der Waals surface area contributed by atoms with E-state index in [-0.39, 0.29) is 5.57 Å². The Hall–Kier alpha value is -3.50. The van der Waals surface area contributed by atoms with Crippen LogP contribution in [0.3, 0.4) is 0 Å². The van der Waals surface area contributed by atoms with Gasteiger partial charge < -0.3 is 0 Å². The van der Waals surface area contributed by atoms with Crippen LogP contribution in [0.1, 0.15) is 11.3 Å². The van der Waals surface area contributed by atoms with Crippen LogP contribution in [0.2, 0.25) is 0 Å². The smallest absolute Gasteiger partial charge is 0.139 e. The summed E-state index contributed by atoms with van der Waals surface area (Å²) in [7, 11) is 0. The van der Waals surface area contributed by atoms with E-state index in [2.05, 4.69) is 9.97 Å². The lowest BCUT2D eigenvalue weighted by Crippen LogP contribution is -1.94. The van der Waals surface area contributed by atoms with Crippen molar-refractivity contribution in [3.63, 3.8) is 0 Å². The fraction of sp³-hybridized carbons (Fsp3) is 0. The second-order valence-corrected chi connectivity index (χ2v) is 4.93. The van der Waals surface area contributed by atoms with E-state index in [1.165, 1.54) is 0 Å². The first-order chi connectivity index (χ1) is 10.8. The Morgan fingerprint density at radius 2 is 1.27 bits per heavy atom. The van der Waals surface area contributed by atoms with Gasteiger partial charge in [0.15, 0.2) is 0 Å². The van der Waals surface area contributed by atoms with E-state index < -0.39 is 0 Å². The predicted molar refractivity (Wildman–Crippen MR) is 82.2 cm³/mol. The molecule has 0 fully saturated rings. The summed E-state index contributed by atoms with van der Waals surface area (Å²) in [5, 5.41) is 18.5. The minimum atomic E-state index is 0.0655. The molecule has 100 valence electrons. The van der Waals surface area contributed by atoms with Crippen molar-refractivity contribution in [2.24, 2.45) is 0 Å². The zero-order chi connectivity index (χ0) is 15.1. The molecule has 0 bridgehead atoms. The molecule has 0 atom stereocenters. The molecule has 0 unspecified atom stereocenters. The van der Waals surface area contributed by atoms with Crippen molar-refractivity contribution in [1.82, 2.24) is 9.97 Å². The van der Waals surface area contributed by atoms with Crippen molar-refractivity contribution in [2.45, 2.75) is 0 Å². The standard InChI is InChI=1S/C18H8N4/c19-9-11(10-20)16-12-5-1-2-6-13(12)17-18(16)22-15-8-4-3-7-14(15)21-17/h1-8H. The summed E-state index contributed by atoms with van der Waals surface area (Å²) in [5.74, 6) is 0. The molecule has 0 amide bonds. The minimum Gasteiger partial charge on any atom is -0.244 e. The van der Waals surface area contributed by atoms with Crippen LogP contribution in [0.15, 0.2) is 54.1 Å². The zero-order valence-corrected chi connectivity index (χ0v) is 11.4. The molecule has 0 aliphatic heterocycles. The summed E-state index contributed by atoms with van der Waals surface area (Å²) in [6.45, 7) is 0. The van der Waals surface area contributed by atoms with E-state index in [4.69, 9.17) is 0 Å². The lowest BCUT2D eigenvalue weighted by atomic mass is 10.0. The number of hydrogen-bond acceptors (Lipinski definition) is 4. The van der Waals surface area contributed by atoms with Gasteiger partial charge in [0.25, 0.3) is 0 Å². The summed E-state index contributed by atoms with van der Waals surface area (Å²) in [6.07, 6.45) is 0. The van der Waals surface area contributed by atoms with E-state index in [1.54, 1.807) is 0 Å². The first kappa shape index (κ1) is 12.3. The summed E-state index contributed by atoms with van der Waals surface area (Å²) >= 11 is 0. The molecule has 2 aromatic carbocycles. The van der Waals surface area contributed by atoms with Gasteiger partial charge in [0, 0.05) is 11.1 Å². The molecule has 4 rings (SSSR count). The molecule has 1 aliphatic rings. The monoisotopic (exact) mass is 280 g/mol. The van der Waals surface area contributed by atoms with E-state index in [9.17, 15) is 10.5 Å². The summed E-state index contributed by atoms with van der Waals surface area (Å²) < 4.78 is 0. The molecule has 4 heteroatoms. The highest BCUT2D eigenvalue weighted by atomic mass is 14.8. The van der Waals surface area contributed by atoms with Crippen LogP contribution in [0.4, 0.5) is 0 Å². The maximum Gasteiger partial charge on any atom is 0.139 e. The molecule has 0 spiro atoms. The lowest BCUT2D eigenvalue weighted by Gasteiger charge is -2.03. The third-order valence-electron chi connectivity index (χ3n) is 3.73. The number of benzene rings is 2. The second-order valence-electron chi connectivity index (χ2n) is 4.93. The van der Waals surface area contributed by atoms with Gasteiger partial charge in [-0.15, -0.1) is 0 Å². The number of allylic oxidation sites excluding steroid dienone is 1. The van der Waals surface area contributed by atoms with Gasteiger partial charge in [-0.1, -0.05) is 36.4 Å². The topological polar surface area (TPSA) is 73.4 Å². The first-order valence-electron chi connectivity index (χ1n) is 6.75. The Balaban J connectivity index is 2.19. The van der Waals surface area contributed by atoms with Gasteiger partial charge in [0.05, 0.1) is 22.4 Å². The average Bonchev–Trinajstić information content (AvgIpc) is 2.88. The Morgan fingerprint density at radius 3 is 1.91 bits per heavy atom. The maximum atomic E-state index is 9.27. The van der Waals surface area contributed by atoms with Gasteiger partial charge in [-0.2, -0.15) is 10.5 Å². The Labute approximate surface area is 126 Å². The van der Waals surface area contributed by atoms with E-state index >= 15 is 0 Å². The third-order valence-corrected chi connectivity index (χ3v) is 3.73. The molecule has 1 aromatic heterocycles. The maximum absolute atomic E-state index is 9.27. The van der Waals surface area contributed by atoms with E-state index in [0.717, 1.165) is 27.9 Å². The fourth-order valence-electron chi connectivity index (χ4n) is 2.79. The zero-order valence-electron chi connectivity index (χ0n) is 11.4. The number of rotatable bonds is 0. The Kier molecular flexibility index (Phi) is 2.51. The van der Waals surface area contributed by atoms with Crippen molar-refractivity contribution in [3.05, 3.63) is 65.4 Å². The summed E-state index contributed by atoms with van der Waals surface area (Å²) in [5.41, 5.74) is 5.28. The molecule has 0 saturated carbocycles. The Bertz CT molecular complexity index is 1030. The van der Waals surface area contributed by atoms with Gasteiger partial charge >= 0.3 is 0 Å². The molecular formula is C18H8N4. The summed E-state index contributed by atoms with van der Waals surface area (Å²) in [6, 6.07) is 19.2. The SMILES string of the molecule is N#CC(C#N)=C1c2ccccc2-c2nc3ccccc3nc21. The van der Waals surface area contributed by atoms with E-state index in [0.29, 0.717) is 11.3 Å². The molecule has 0 radical (unpaired) electrons. The average molecular weight is 280 g/mol. The van der Waals surface area contributed by atoms with Crippen LogP contribution in [0.25, 0.3) is 27.9 Å². The highest BCUT2D eigenvalue weighted by Crippen LogP contribution is 2.43. The highest BCUT2D eigenvalue weighted by Gasteiger charge is 2.29. The van der Waals surface area contributed by atoms with Crippen molar-refractivity contribution >= 4 is 16.6 Å². The van der Waals surface area contributed by atoms with Gasteiger partial charge in [0.2, 0.25) is 0 Å². The van der Waals surface area contributed by atoms with E-state index in [1.807, 2.05) is 60.7 Å². The van der Waals surface area contributed by atoms with Crippen molar-refractivity contribution in [3.8, 4) is 23.4 Å². The molecular weight excluding hydrogens is 272 g/mol. The van der Waals surface area contributed by atoms with Gasteiger partial charge in [-0.25, -0.2) is 9.97 Å². The van der Waals surface area contributed by atoms with Crippen molar-refractivity contribution in [1.29, 1.82) is 10.5 Å². The molecule has 0 saturated heterocycles. The predicted octanol–water partition coefficient (Wildman–Crippen LogP) is 3.46. The number of nitriles is 2. The number of fused-ring (bicyclic) bond motifs is 4. The highest BCUT2D eigenvalue weighted by molar-refractivity contribution is 6.03. The number of aromatic nitrogens is 2. The number of para-hydroxylation sites is 2. The Morgan fingerprint density at radius 1 is 0.727 bits per heavy atom. The molecule has 0 N–H and O–H groups in total. The summed E-state index contributed by atoms with van der Waals surface area (Å²) in [4.78, 5) is 9.33. The van der Waals surface area contributed by atoms with Crippen LogP contribution in [0, 0.1) is 22.7 Å². The van der Waals surface area contributed by atoms with Gasteiger partial charge in [-0.3, -0.25) is 0 Å². The molecule has 4 nitrogen and oxygen atoms in total. The molecule has 3 aromatic rings. The fourth-order valence-corrected chi connectivity index (χ4v) is 2.79.